The molecular weight excluding hydrogens is 208 g/mol. The zero-order valence-electron chi connectivity index (χ0n) is 10.7. The molecule has 2 unspecified atom stereocenters. The molecule has 2 rings (SSSR count). The highest BCUT2D eigenvalue weighted by molar-refractivity contribution is 6.88. The van der Waals surface area contributed by atoms with Gasteiger partial charge in [-0.05, 0) is 12.5 Å². The van der Waals surface area contributed by atoms with Gasteiger partial charge in [0, 0.05) is 9.52 Å². The van der Waals surface area contributed by atoms with Crippen LogP contribution in [0.2, 0.25) is 19.1 Å². The summed E-state index contributed by atoms with van der Waals surface area (Å²) in [6, 6.07) is 11.0. The average Bonchev–Trinajstić information content (AvgIpc) is 2.32. The summed E-state index contributed by atoms with van der Waals surface area (Å²) in [7, 11) is 2.79. The number of hydrogen-bond acceptors (Lipinski definition) is 1. The molecule has 2 atom stereocenters. The summed E-state index contributed by atoms with van der Waals surface area (Å²) in [5, 5.41) is 0. The molecule has 0 aromatic heterocycles. The Morgan fingerprint density at radius 3 is 2.38 bits per heavy atom. The topological polar surface area (TPSA) is 3.24 Å². The highest BCUT2D eigenvalue weighted by atomic mass is 28.2. The van der Waals surface area contributed by atoms with Gasteiger partial charge in [0.05, 0.1) is 0 Å². The van der Waals surface area contributed by atoms with Gasteiger partial charge in [-0.3, -0.25) is 0 Å². The van der Waals surface area contributed by atoms with Crippen molar-refractivity contribution in [3.8, 4) is 0 Å². The molecule has 1 aliphatic rings. The summed E-state index contributed by atoms with van der Waals surface area (Å²) >= 11 is 0. The largest absolute Gasteiger partial charge is 0.387 e. The molecule has 83 valence electrons. The van der Waals surface area contributed by atoms with Gasteiger partial charge in [-0.1, -0.05) is 61.9 Å². The predicted octanol–water partition coefficient (Wildman–Crippen LogP) is 2.24. The van der Waals surface area contributed by atoms with Gasteiger partial charge in [-0.2, -0.15) is 0 Å². The molecule has 0 aliphatic carbocycles. The third-order valence-corrected chi connectivity index (χ3v) is 6.78. The van der Waals surface area contributed by atoms with E-state index in [9.17, 15) is 0 Å². The van der Waals surface area contributed by atoms with Gasteiger partial charge < -0.3 is 4.72 Å². The first-order chi connectivity index (χ1) is 7.61. The van der Waals surface area contributed by atoms with Crippen LogP contribution in [0.4, 0.5) is 0 Å². The summed E-state index contributed by atoms with van der Waals surface area (Å²) < 4.78 is 2.55. The minimum atomic E-state index is 0.515. The molecule has 1 aromatic rings. The van der Waals surface area contributed by atoms with Gasteiger partial charge >= 0.3 is 0 Å². The fourth-order valence-corrected chi connectivity index (χ4v) is 4.99. The lowest BCUT2D eigenvalue weighted by atomic mass is 9.45. The molecular formula is C12H20B2NSi. The fourth-order valence-electron chi connectivity index (χ4n) is 2.71. The smallest absolute Gasteiger partial charge is 0.212 e. The van der Waals surface area contributed by atoms with E-state index < -0.39 is 0 Å². The molecule has 1 aliphatic heterocycles. The molecule has 1 heterocycles. The van der Waals surface area contributed by atoms with E-state index in [0.29, 0.717) is 16.4 Å². The van der Waals surface area contributed by atoms with Gasteiger partial charge in [0.15, 0.2) is 0 Å². The Morgan fingerprint density at radius 2 is 1.75 bits per heavy atom. The van der Waals surface area contributed by atoms with Gasteiger partial charge in [-0.15, -0.1) is 0 Å². The quantitative estimate of drug-likeness (QED) is 0.666. The van der Waals surface area contributed by atoms with Crippen molar-refractivity contribution < 1.29 is 0 Å². The zero-order valence-corrected chi connectivity index (χ0v) is 11.9. The first-order valence-corrected chi connectivity index (χ1v) is 7.56. The Morgan fingerprint density at radius 1 is 1.12 bits per heavy atom. The van der Waals surface area contributed by atoms with Crippen LogP contribution >= 0.6 is 0 Å². The van der Waals surface area contributed by atoms with Crippen molar-refractivity contribution >= 4 is 23.2 Å². The standard InChI is InChI=1S/C12H20B2NSi/c1-10-13(2)15(4)14(3)12(16-10)11-8-6-5-7-9-11/h5-10,12,16H,1-4H3. The molecule has 16 heavy (non-hydrogen) atoms. The zero-order chi connectivity index (χ0) is 11.7. The van der Waals surface area contributed by atoms with Crippen LogP contribution in [0, 0.1) is 0 Å². The van der Waals surface area contributed by atoms with Crippen LogP contribution in [-0.4, -0.2) is 35.0 Å². The second kappa shape index (κ2) is 4.80. The molecule has 4 heteroatoms. The minimum absolute atomic E-state index is 0.515. The molecule has 1 fully saturated rings. The van der Waals surface area contributed by atoms with Crippen molar-refractivity contribution in [3.05, 3.63) is 35.9 Å². The van der Waals surface area contributed by atoms with Crippen molar-refractivity contribution in [2.75, 3.05) is 7.05 Å². The van der Waals surface area contributed by atoms with E-state index >= 15 is 0 Å². The number of nitrogens with zero attached hydrogens (tertiary/aromatic N) is 1. The van der Waals surface area contributed by atoms with Gasteiger partial charge in [0.2, 0.25) is 13.7 Å². The van der Waals surface area contributed by atoms with Crippen molar-refractivity contribution in [2.24, 2.45) is 0 Å². The van der Waals surface area contributed by atoms with Crippen LogP contribution in [0.5, 0.6) is 0 Å². The van der Waals surface area contributed by atoms with Crippen LogP contribution in [0.3, 0.4) is 0 Å². The molecule has 1 saturated heterocycles. The van der Waals surface area contributed by atoms with E-state index in [1.807, 2.05) is 0 Å². The fraction of sp³-hybridized carbons (Fsp3) is 0.500. The number of benzene rings is 1. The van der Waals surface area contributed by atoms with Crippen LogP contribution in [0.1, 0.15) is 17.9 Å². The minimum Gasteiger partial charge on any atom is -0.387 e. The summed E-state index contributed by atoms with van der Waals surface area (Å²) in [6.45, 7) is 8.59. The Bertz CT molecular complexity index is 346. The van der Waals surface area contributed by atoms with Crippen LogP contribution in [-0.2, 0) is 0 Å². The van der Waals surface area contributed by atoms with E-state index in [1.54, 1.807) is 0 Å². The Labute approximate surface area is 103 Å². The van der Waals surface area contributed by atoms with E-state index in [0.717, 1.165) is 17.7 Å². The number of rotatable bonds is 1. The lowest BCUT2D eigenvalue weighted by molar-refractivity contribution is 0.758. The number of hydrogen-bond donors (Lipinski definition) is 0. The maximum atomic E-state index is 2.55. The molecule has 0 spiro atoms. The van der Waals surface area contributed by atoms with Crippen molar-refractivity contribution in [1.29, 1.82) is 0 Å². The van der Waals surface area contributed by atoms with E-state index in [1.165, 1.54) is 5.56 Å². The monoisotopic (exact) mass is 228 g/mol. The molecule has 0 N–H and O–H groups in total. The molecule has 1 radical (unpaired) electrons. The lowest BCUT2D eigenvalue weighted by Crippen LogP contribution is -2.56. The summed E-state index contributed by atoms with van der Waals surface area (Å²) in [5.74, 6) is 0. The molecule has 0 bridgehead atoms. The highest BCUT2D eigenvalue weighted by Crippen LogP contribution is 2.30. The Hall–Kier alpha value is -0.473. The molecule has 0 amide bonds. The maximum absolute atomic E-state index is 2.55. The third-order valence-electron chi connectivity index (χ3n) is 4.26. The third kappa shape index (κ3) is 2.14. The van der Waals surface area contributed by atoms with Crippen LogP contribution in [0.25, 0.3) is 0 Å². The van der Waals surface area contributed by atoms with Crippen LogP contribution in [0.15, 0.2) is 30.3 Å². The highest BCUT2D eigenvalue weighted by Gasteiger charge is 2.39. The first kappa shape index (κ1) is 12.0. The molecule has 1 aromatic carbocycles. The average molecular weight is 228 g/mol. The molecule has 1 nitrogen and oxygen atoms in total. The lowest BCUT2D eigenvalue weighted by Gasteiger charge is -2.42. The maximum Gasteiger partial charge on any atom is 0.212 e. The first-order valence-electron chi connectivity index (χ1n) is 6.23. The van der Waals surface area contributed by atoms with E-state index in [4.69, 9.17) is 0 Å². The summed E-state index contributed by atoms with van der Waals surface area (Å²) in [4.78, 5) is 0. The van der Waals surface area contributed by atoms with Gasteiger partial charge in [-0.25, -0.2) is 0 Å². The SMILES string of the molecule is CB1C(C)[SiH]C(c2ccccc2)B(C)N1C. The van der Waals surface area contributed by atoms with Crippen molar-refractivity contribution in [1.82, 2.24) is 4.72 Å². The molecule has 0 saturated carbocycles. The summed E-state index contributed by atoms with van der Waals surface area (Å²) in [5.41, 5.74) is 3.18. The van der Waals surface area contributed by atoms with Gasteiger partial charge in [0.1, 0.15) is 0 Å². The predicted molar refractivity (Wildman–Crippen MR) is 76.8 cm³/mol. The summed E-state index contributed by atoms with van der Waals surface area (Å²) in [6.07, 6.45) is 0. The van der Waals surface area contributed by atoms with Crippen LogP contribution < -0.4 is 0 Å². The van der Waals surface area contributed by atoms with Crippen molar-refractivity contribution in [3.63, 3.8) is 0 Å². The van der Waals surface area contributed by atoms with Crippen molar-refractivity contribution in [2.45, 2.75) is 31.5 Å². The second-order valence-corrected chi connectivity index (χ2v) is 7.29. The Kier molecular flexibility index (Phi) is 3.60. The normalized spacial score (nSPS) is 27.2. The Balaban J connectivity index is 2.23. The van der Waals surface area contributed by atoms with E-state index in [2.05, 4.69) is 62.7 Å². The van der Waals surface area contributed by atoms with Gasteiger partial charge in [0.25, 0.3) is 0 Å². The second-order valence-electron chi connectivity index (χ2n) is 5.13. The van der Waals surface area contributed by atoms with E-state index in [-0.39, 0.29) is 0 Å².